The molecule has 1 N–H and O–H groups in total. The largest absolute Gasteiger partial charge is 0.506 e. The van der Waals surface area contributed by atoms with E-state index in [4.69, 9.17) is 28.2 Å². The van der Waals surface area contributed by atoms with E-state index in [1.165, 1.54) is 33.9 Å². The number of phenolic OH excluding ortho intramolecular Hbond substituents is 1. The first kappa shape index (κ1) is 22.6. The van der Waals surface area contributed by atoms with Crippen molar-refractivity contribution in [3.8, 4) is 16.9 Å². The number of aliphatic imine (C=N–C) groups is 1. The van der Waals surface area contributed by atoms with E-state index < -0.39 is 0 Å². The molecule has 0 spiro atoms. The first-order chi connectivity index (χ1) is 17.0. The zero-order valence-electron chi connectivity index (χ0n) is 18.3. The Hall–Kier alpha value is -2.83. The van der Waals surface area contributed by atoms with Crippen LogP contribution in [0.5, 0.6) is 5.75 Å². The lowest BCUT2D eigenvalue weighted by atomic mass is 10.0. The Kier molecular flexibility index (Phi) is 6.02. The van der Waals surface area contributed by atoms with E-state index in [9.17, 15) is 5.11 Å². The predicted molar refractivity (Wildman–Crippen MR) is 149 cm³/mol. The molecule has 1 aliphatic carbocycles. The summed E-state index contributed by atoms with van der Waals surface area (Å²) in [5.41, 5.74) is 9.04. The molecule has 3 nitrogen and oxygen atoms in total. The molecule has 0 radical (unpaired) electrons. The van der Waals surface area contributed by atoms with E-state index in [1.54, 1.807) is 35.4 Å². The number of halogens is 2. The number of phenols is 1. The average Bonchev–Trinajstić information content (AvgIpc) is 3.44. The smallest absolute Gasteiger partial charge is 0.151 e. The van der Waals surface area contributed by atoms with Gasteiger partial charge in [0, 0.05) is 22.6 Å². The number of thioether (sulfide) groups is 1. The van der Waals surface area contributed by atoms with Crippen LogP contribution in [0.4, 0.5) is 5.69 Å². The molecule has 0 saturated carbocycles. The van der Waals surface area contributed by atoms with Crippen LogP contribution in [0.25, 0.3) is 21.3 Å². The summed E-state index contributed by atoms with van der Waals surface area (Å²) in [4.78, 5) is 9.28. The number of nitrogens with zero attached hydrogens (tertiary/aromatic N) is 2. The van der Waals surface area contributed by atoms with Crippen molar-refractivity contribution < 1.29 is 5.11 Å². The quantitative estimate of drug-likeness (QED) is 0.178. The molecule has 7 heteroatoms. The van der Waals surface area contributed by atoms with Gasteiger partial charge in [0.05, 0.1) is 20.9 Å². The monoisotopic (exact) mass is 532 g/mol. The van der Waals surface area contributed by atoms with Crippen LogP contribution in [0.1, 0.15) is 22.3 Å². The standard InChI is InChI=1S/C28H18Cl2N2OS2/c29-20-11-19(27(33)24(30)12-20)14-31-21-6-8-25-26(13-21)35-28(32-25)34-15-16-5-7-23-18(9-16)10-17-3-1-2-4-22(17)23/h1-9,11-14,33H,10,15H2. The highest BCUT2D eigenvalue weighted by molar-refractivity contribution is 8.00. The molecular formula is C28H18Cl2N2OS2. The minimum atomic E-state index is -0.0344. The van der Waals surface area contributed by atoms with Crippen molar-refractivity contribution in [1.29, 1.82) is 0 Å². The molecule has 1 aromatic heterocycles. The summed E-state index contributed by atoms with van der Waals surface area (Å²) in [6.45, 7) is 0. The molecule has 5 aromatic rings. The van der Waals surface area contributed by atoms with E-state index >= 15 is 0 Å². The zero-order chi connectivity index (χ0) is 23.9. The average molecular weight is 534 g/mol. The van der Waals surface area contributed by atoms with Crippen LogP contribution < -0.4 is 0 Å². The normalized spacial score (nSPS) is 12.4. The second-order valence-corrected chi connectivity index (χ2v) is 11.4. The van der Waals surface area contributed by atoms with Gasteiger partial charge >= 0.3 is 0 Å². The van der Waals surface area contributed by atoms with Gasteiger partial charge in [-0.05, 0) is 64.6 Å². The number of benzene rings is 4. The number of aromatic hydroxyl groups is 1. The maximum atomic E-state index is 10.1. The fraction of sp³-hybridized carbons (Fsp3) is 0.0714. The predicted octanol–water partition coefficient (Wildman–Crippen LogP) is 8.92. The molecule has 35 heavy (non-hydrogen) atoms. The molecule has 1 aliphatic rings. The van der Waals surface area contributed by atoms with Crippen molar-refractivity contribution >= 4 is 68.4 Å². The highest BCUT2D eigenvalue weighted by atomic mass is 35.5. The van der Waals surface area contributed by atoms with E-state index in [0.717, 1.165) is 32.4 Å². The van der Waals surface area contributed by atoms with Crippen LogP contribution in [-0.4, -0.2) is 16.3 Å². The van der Waals surface area contributed by atoms with Crippen LogP contribution in [0.3, 0.4) is 0 Å². The van der Waals surface area contributed by atoms with Crippen molar-refractivity contribution in [2.75, 3.05) is 0 Å². The number of hydrogen-bond acceptors (Lipinski definition) is 5. The minimum Gasteiger partial charge on any atom is -0.506 e. The maximum absolute atomic E-state index is 10.1. The van der Waals surface area contributed by atoms with Crippen LogP contribution in [0.2, 0.25) is 10.0 Å². The van der Waals surface area contributed by atoms with Gasteiger partial charge in [0.25, 0.3) is 0 Å². The zero-order valence-corrected chi connectivity index (χ0v) is 21.5. The van der Waals surface area contributed by atoms with Crippen LogP contribution in [0.15, 0.2) is 82.1 Å². The van der Waals surface area contributed by atoms with Crippen molar-refractivity contribution in [2.45, 2.75) is 16.5 Å². The van der Waals surface area contributed by atoms with Crippen molar-refractivity contribution in [3.63, 3.8) is 0 Å². The molecule has 4 aromatic carbocycles. The summed E-state index contributed by atoms with van der Waals surface area (Å²) >= 11 is 15.5. The van der Waals surface area contributed by atoms with Gasteiger partial charge in [-0.2, -0.15) is 0 Å². The number of aromatic nitrogens is 1. The first-order valence-electron chi connectivity index (χ1n) is 11.0. The lowest BCUT2D eigenvalue weighted by molar-refractivity contribution is 0.475. The van der Waals surface area contributed by atoms with Crippen molar-refractivity contribution in [2.24, 2.45) is 4.99 Å². The Morgan fingerprint density at radius 2 is 1.83 bits per heavy atom. The van der Waals surface area contributed by atoms with Crippen LogP contribution in [-0.2, 0) is 12.2 Å². The summed E-state index contributed by atoms with van der Waals surface area (Å²) in [5.74, 6) is 0.844. The number of hydrogen-bond donors (Lipinski definition) is 1. The summed E-state index contributed by atoms with van der Waals surface area (Å²) in [7, 11) is 0. The second kappa shape index (κ2) is 9.32. The summed E-state index contributed by atoms with van der Waals surface area (Å²) in [6, 6.07) is 24.5. The molecule has 172 valence electrons. The summed E-state index contributed by atoms with van der Waals surface area (Å²) in [6.07, 6.45) is 2.57. The van der Waals surface area contributed by atoms with Gasteiger partial charge < -0.3 is 5.11 Å². The van der Waals surface area contributed by atoms with Gasteiger partial charge in [-0.3, -0.25) is 4.99 Å². The number of rotatable bonds is 5. The third kappa shape index (κ3) is 4.57. The van der Waals surface area contributed by atoms with Gasteiger partial charge in [-0.1, -0.05) is 77.4 Å². The molecule has 0 unspecified atom stereocenters. The molecule has 1 heterocycles. The van der Waals surface area contributed by atoms with Gasteiger partial charge in [-0.15, -0.1) is 11.3 Å². The van der Waals surface area contributed by atoms with E-state index in [2.05, 4.69) is 47.5 Å². The van der Waals surface area contributed by atoms with E-state index in [0.29, 0.717) is 10.6 Å². The van der Waals surface area contributed by atoms with Crippen LogP contribution >= 0.6 is 46.3 Å². The molecular weight excluding hydrogens is 515 g/mol. The van der Waals surface area contributed by atoms with Gasteiger partial charge in [-0.25, -0.2) is 4.98 Å². The molecule has 0 aliphatic heterocycles. The molecule has 0 fully saturated rings. The third-order valence-corrected chi connectivity index (χ3v) is 8.72. The summed E-state index contributed by atoms with van der Waals surface area (Å²) < 4.78 is 2.10. The van der Waals surface area contributed by atoms with E-state index in [-0.39, 0.29) is 10.8 Å². The Morgan fingerprint density at radius 1 is 0.971 bits per heavy atom. The Morgan fingerprint density at radius 3 is 2.74 bits per heavy atom. The lowest BCUT2D eigenvalue weighted by Gasteiger charge is -2.04. The Bertz CT molecular complexity index is 1630. The van der Waals surface area contributed by atoms with E-state index in [1.807, 2.05) is 18.2 Å². The Balaban J connectivity index is 1.17. The molecule has 0 atom stereocenters. The molecule has 6 rings (SSSR count). The number of fused-ring (bicyclic) bond motifs is 4. The molecule has 0 bridgehead atoms. The van der Waals surface area contributed by atoms with Gasteiger partial charge in [0.15, 0.2) is 4.34 Å². The van der Waals surface area contributed by atoms with Gasteiger partial charge in [0.1, 0.15) is 5.75 Å². The van der Waals surface area contributed by atoms with Crippen LogP contribution in [0, 0.1) is 0 Å². The SMILES string of the molecule is Oc1c(Cl)cc(Cl)cc1C=Nc1ccc2nc(SCc3ccc4c(c3)Cc3ccccc3-4)sc2c1. The Labute approximate surface area is 221 Å². The highest BCUT2D eigenvalue weighted by Gasteiger charge is 2.18. The topological polar surface area (TPSA) is 45.5 Å². The molecule has 0 amide bonds. The fourth-order valence-electron chi connectivity index (χ4n) is 4.30. The maximum Gasteiger partial charge on any atom is 0.151 e. The van der Waals surface area contributed by atoms with Crippen molar-refractivity contribution in [3.05, 3.63) is 105 Å². The lowest BCUT2D eigenvalue weighted by Crippen LogP contribution is -1.85. The van der Waals surface area contributed by atoms with Crippen molar-refractivity contribution in [1.82, 2.24) is 4.98 Å². The first-order valence-corrected chi connectivity index (χ1v) is 13.5. The number of thiazole rings is 1. The molecule has 0 saturated heterocycles. The summed E-state index contributed by atoms with van der Waals surface area (Å²) in [5, 5.41) is 10.8. The third-order valence-electron chi connectivity index (χ3n) is 5.98. The minimum absolute atomic E-state index is 0.0344. The highest BCUT2D eigenvalue weighted by Crippen LogP contribution is 2.39. The second-order valence-electron chi connectivity index (χ2n) is 8.33. The fourth-order valence-corrected chi connectivity index (χ4v) is 6.85. The van der Waals surface area contributed by atoms with Gasteiger partial charge in [0.2, 0.25) is 0 Å².